The first-order valence-corrected chi connectivity index (χ1v) is 10.5. The number of benzene rings is 1. The molecule has 0 saturated carbocycles. The van der Waals surface area contributed by atoms with Crippen molar-refractivity contribution in [2.24, 2.45) is 0 Å². The third kappa shape index (κ3) is 5.49. The van der Waals surface area contributed by atoms with E-state index in [1.807, 2.05) is 30.3 Å². The van der Waals surface area contributed by atoms with E-state index in [4.69, 9.17) is 8.19 Å². The molecule has 0 aliphatic heterocycles. The molecule has 0 radical (unpaired) electrons. The van der Waals surface area contributed by atoms with E-state index < -0.39 is 13.0 Å². The zero-order valence-corrected chi connectivity index (χ0v) is 10.2. The normalized spacial score (nSPS) is 11.5. The molecule has 0 heterocycles. The molecule has 0 aliphatic rings. The zero-order valence-electron chi connectivity index (χ0n) is 6.66. The Labute approximate surface area is 86.3 Å². The fourth-order valence-corrected chi connectivity index (χ4v) is 5.82. The quantitative estimate of drug-likeness (QED) is 0.645. The molecule has 0 amide bonds. The van der Waals surface area contributed by atoms with E-state index in [2.05, 4.69) is 0 Å². The van der Waals surface area contributed by atoms with Crippen molar-refractivity contribution < 1.29 is 11.9 Å². The third-order valence-corrected chi connectivity index (χ3v) is 8.88. The molecule has 0 aromatic heterocycles. The second-order valence-corrected chi connectivity index (χ2v) is 11.5. The predicted octanol–water partition coefficient (Wildman–Crippen LogP) is 1.42. The Kier molecular flexibility index (Phi) is 4.49. The average Bonchev–Trinajstić information content (AvgIpc) is 2.04. The van der Waals surface area contributed by atoms with Gasteiger partial charge in [0.25, 0.3) is 0 Å². The monoisotopic (exact) mass is 280 g/mol. The molecule has 0 unspecified atom stereocenters. The van der Waals surface area contributed by atoms with E-state index in [1.165, 1.54) is 10.8 Å². The molecule has 0 spiro atoms. The number of hydrogen-bond acceptors (Lipinski definition) is 3. The van der Waals surface area contributed by atoms with Crippen LogP contribution in [0.2, 0.25) is 0 Å². The second kappa shape index (κ2) is 5.17. The van der Waals surface area contributed by atoms with Crippen LogP contribution in [0.5, 0.6) is 0 Å². The van der Waals surface area contributed by atoms with Crippen LogP contribution in [0.25, 0.3) is 0 Å². The van der Waals surface area contributed by atoms with Crippen LogP contribution in [0.15, 0.2) is 30.3 Å². The fourth-order valence-electron chi connectivity index (χ4n) is 0.737. The Bertz CT molecular complexity index is 298. The molecule has 72 valence electrons. The van der Waals surface area contributed by atoms with Crippen LogP contribution in [-0.2, 0) is 9.49 Å². The molecule has 13 heavy (non-hydrogen) atoms. The first-order chi connectivity index (χ1) is 6.08. The fraction of sp³-hybridized carbons (Fsp3) is 0.143. The Hall–Kier alpha value is 0.198. The first kappa shape index (κ1) is 11.3. The molecular formula is C7H9AsO3S2. The van der Waals surface area contributed by atoms with Crippen molar-refractivity contribution in [1.82, 2.24) is 0 Å². The van der Waals surface area contributed by atoms with Gasteiger partial charge in [-0.15, -0.1) is 0 Å². The van der Waals surface area contributed by atoms with Crippen molar-refractivity contribution in [3.8, 4) is 0 Å². The van der Waals surface area contributed by atoms with Gasteiger partial charge in [-0.25, -0.2) is 0 Å². The standard InChI is InChI=1S/C7H9AsO3S2/c9-8(10,11)13-12-6-7-4-2-1-3-5-7/h1-5H,6H2,(H2,9,10,11). The molecule has 0 bridgehead atoms. The number of rotatable bonds is 4. The topological polar surface area (TPSA) is 57.5 Å². The van der Waals surface area contributed by atoms with Gasteiger partial charge in [-0.2, -0.15) is 0 Å². The molecule has 3 nitrogen and oxygen atoms in total. The summed E-state index contributed by atoms with van der Waals surface area (Å²) < 4.78 is 27.7. The van der Waals surface area contributed by atoms with Crippen molar-refractivity contribution in [3.63, 3.8) is 0 Å². The Morgan fingerprint density at radius 2 is 1.85 bits per heavy atom. The van der Waals surface area contributed by atoms with Gasteiger partial charge in [0.2, 0.25) is 0 Å². The van der Waals surface area contributed by atoms with Crippen molar-refractivity contribution in [2.75, 3.05) is 0 Å². The average molecular weight is 280 g/mol. The summed E-state index contributed by atoms with van der Waals surface area (Å²) in [5, 5.41) is 0. The van der Waals surface area contributed by atoms with Gasteiger partial charge in [0.1, 0.15) is 0 Å². The molecule has 0 aliphatic carbocycles. The first-order valence-electron chi connectivity index (χ1n) is 3.48. The molecule has 1 aromatic rings. The van der Waals surface area contributed by atoms with Crippen LogP contribution in [0.1, 0.15) is 5.56 Å². The summed E-state index contributed by atoms with van der Waals surface area (Å²) in [6.07, 6.45) is 0. The molecule has 0 saturated heterocycles. The third-order valence-electron chi connectivity index (χ3n) is 1.22. The maximum absolute atomic E-state index is 10.5. The van der Waals surface area contributed by atoms with Gasteiger partial charge < -0.3 is 0 Å². The zero-order chi connectivity index (χ0) is 9.73. The van der Waals surface area contributed by atoms with Crippen molar-refractivity contribution in [3.05, 3.63) is 35.9 Å². The Morgan fingerprint density at radius 3 is 2.38 bits per heavy atom. The summed E-state index contributed by atoms with van der Waals surface area (Å²) in [5.41, 5.74) is 1.07. The van der Waals surface area contributed by atoms with E-state index >= 15 is 0 Å². The van der Waals surface area contributed by atoms with Gasteiger partial charge in [-0.3, -0.25) is 0 Å². The molecule has 6 heteroatoms. The molecule has 1 aromatic carbocycles. The summed E-state index contributed by atoms with van der Waals surface area (Å²) in [6.45, 7) is 0. The van der Waals surface area contributed by atoms with E-state index in [0.717, 1.165) is 5.56 Å². The summed E-state index contributed by atoms with van der Waals surface area (Å²) in [7, 11) is 1.87. The van der Waals surface area contributed by atoms with Crippen molar-refractivity contribution >= 4 is 32.9 Å². The SMILES string of the molecule is O=[As](O)(O)SSCc1ccccc1. The van der Waals surface area contributed by atoms with Crippen LogP contribution in [-0.4, -0.2) is 21.2 Å². The molecule has 0 atom stereocenters. The van der Waals surface area contributed by atoms with Crippen LogP contribution in [0.4, 0.5) is 0 Å². The van der Waals surface area contributed by atoms with Crippen LogP contribution < -0.4 is 0 Å². The van der Waals surface area contributed by atoms with Gasteiger partial charge in [0, 0.05) is 0 Å². The van der Waals surface area contributed by atoms with E-state index in [0.29, 0.717) is 14.8 Å². The van der Waals surface area contributed by atoms with Crippen molar-refractivity contribution in [2.45, 2.75) is 5.75 Å². The van der Waals surface area contributed by atoms with E-state index in [9.17, 15) is 3.74 Å². The van der Waals surface area contributed by atoms with Gasteiger partial charge in [-0.1, -0.05) is 0 Å². The minimum absolute atomic E-state index is 0.623. The molecular weight excluding hydrogens is 271 g/mol. The number of hydrogen-bond donors (Lipinski definition) is 2. The summed E-state index contributed by atoms with van der Waals surface area (Å²) in [6, 6.07) is 9.58. The Balaban J connectivity index is 2.33. The van der Waals surface area contributed by atoms with E-state index in [-0.39, 0.29) is 0 Å². The van der Waals surface area contributed by atoms with Crippen LogP contribution in [0, 0.1) is 0 Å². The van der Waals surface area contributed by atoms with Gasteiger partial charge in [0.15, 0.2) is 0 Å². The summed E-state index contributed by atoms with van der Waals surface area (Å²) in [4.78, 5) is 0. The van der Waals surface area contributed by atoms with E-state index in [1.54, 1.807) is 0 Å². The Morgan fingerprint density at radius 1 is 1.23 bits per heavy atom. The maximum atomic E-state index is 10.5. The second-order valence-electron chi connectivity index (χ2n) is 2.31. The van der Waals surface area contributed by atoms with Crippen LogP contribution >= 0.6 is 19.9 Å². The molecule has 2 N–H and O–H groups in total. The minimum atomic E-state index is -4.49. The van der Waals surface area contributed by atoms with Gasteiger partial charge in [0.05, 0.1) is 0 Å². The van der Waals surface area contributed by atoms with Crippen molar-refractivity contribution in [1.29, 1.82) is 0 Å². The van der Waals surface area contributed by atoms with Crippen LogP contribution in [0.3, 0.4) is 0 Å². The van der Waals surface area contributed by atoms with Gasteiger partial charge in [-0.05, 0) is 0 Å². The summed E-state index contributed by atoms with van der Waals surface area (Å²) in [5.74, 6) is 0.623. The molecule has 1 rings (SSSR count). The molecule has 0 fully saturated rings. The predicted molar refractivity (Wildman–Crippen MR) is 56.2 cm³/mol. The van der Waals surface area contributed by atoms with Gasteiger partial charge >= 0.3 is 86.4 Å². The summed E-state index contributed by atoms with van der Waals surface area (Å²) >= 11 is -4.49.